The molecule has 0 N–H and O–H groups in total. The Morgan fingerprint density at radius 2 is 1.64 bits per heavy atom. The highest BCUT2D eigenvalue weighted by Crippen LogP contribution is 2.33. The lowest BCUT2D eigenvalue weighted by Crippen LogP contribution is -2.54. The Morgan fingerprint density at radius 1 is 1.07 bits per heavy atom. The minimum absolute atomic E-state index is 0.0206. The van der Waals surface area contributed by atoms with Crippen LogP contribution >= 0.6 is 0 Å². The predicted octanol–water partition coefficient (Wildman–Crippen LogP) is 0.139. The largest absolute Gasteiger partial charge is 0.575 e. The van der Waals surface area contributed by atoms with Crippen molar-refractivity contribution in [2.45, 2.75) is 39.5 Å². The lowest BCUT2D eigenvalue weighted by atomic mass is 9.90. The van der Waals surface area contributed by atoms with Gasteiger partial charge in [0.05, 0.1) is 24.7 Å². The van der Waals surface area contributed by atoms with Gasteiger partial charge in [-0.1, -0.05) is 6.07 Å². The molecule has 2 unspecified atom stereocenters. The molecule has 1 aliphatic heterocycles. The van der Waals surface area contributed by atoms with Crippen LogP contribution in [-0.4, -0.2) is 36.9 Å². The number of ether oxygens (including phenoxy) is 4. The molecule has 1 aliphatic rings. The quantitative estimate of drug-likeness (QED) is 0.365. The maximum Gasteiger partial charge on any atom is 0.377 e. The van der Waals surface area contributed by atoms with E-state index in [1.165, 1.54) is 30.8 Å². The van der Waals surface area contributed by atoms with Crippen molar-refractivity contribution in [2.24, 2.45) is 5.92 Å². The number of rotatable bonds is 7. The van der Waals surface area contributed by atoms with Gasteiger partial charge in [-0.3, -0.25) is 4.79 Å². The average molecular weight is 393 g/mol. The third kappa shape index (κ3) is 4.59. The van der Waals surface area contributed by atoms with Gasteiger partial charge >= 0.3 is 17.9 Å². The van der Waals surface area contributed by atoms with Gasteiger partial charge in [-0.25, -0.2) is 9.59 Å². The average Bonchev–Trinajstić information content (AvgIpc) is 2.60. The minimum Gasteiger partial charge on any atom is -0.575 e. The van der Waals surface area contributed by atoms with Gasteiger partial charge in [-0.15, -0.1) is 0 Å². The Balaban J connectivity index is 2.64. The van der Waals surface area contributed by atoms with Crippen LogP contribution in [0, 0.1) is 5.92 Å². The van der Waals surface area contributed by atoms with Crippen molar-refractivity contribution in [1.29, 1.82) is 0 Å². The molecule has 0 spiro atoms. The van der Waals surface area contributed by atoms with Crippen LogP contribution < -0.4 is 9.67 Å². The van der Waals surface area contributed by atoms with Gasteiger partial charge in [0.2, 0.25) is 0 Å². The van der Waals surface area contributed by atoms with Crippen LogP contribution in [0.25, 0.3) is 0 Å². The summed E-state index contributed by atoms with van der Waals surface area (Å²) in [5, 5.41) is 12.6. The molecular weight excluding hydrogens is 370 g/mol. The van der Waals surface area contributed by atoms with E-state index in [2.05, 4.69) is 0 Å². The van der Waals surface area contributed by atoms with Gasteiger partial charge in [0.25, 0.3) is 6.04 Å². The second-order valence-electron chi connectivity index (χ2n) is 6.34. The molecule has 0 bridgehead atoms. The van der Waals surface area contributed by atoms with E-state index in [4.69, 9.17) is 18.9 Å². The van der Waals surface area contributed by atoms with Crippen molar-refractivity contribution in [2.75, 3.05) is 13.2 Å². The van der Waals surface area contributed by atoms with Gasteiger partial charge < -0.3 is 24.1 Å². The number of hydrogen-bond donors (Lipinski definition) is 0. The van der Waals surface area contributed by atoms with E-state index in [0.29, 0.717) is 0 Å². The first-order chi connectivity index (χ1) is 13.2. The third-order valence-corrected chi connectivity index (χ3v) is 3.87. The summed E-state index contributed by atoms with van der Waals surface area (Å²) < 4.78 is 21.7. The summed E-state index contributed by atoms with van der Waals surface area (Å²) in [4.78, 5) is 38.0. The molecule has 0 fully saturated rings. The fourth-order valence-corrected chi connectivity index (χ4v) is 2.81. The Morgan fingerprint density at radius 3 is 2.18 bits per heavy atom. The summed E-state index contributed by atoms with van der Waals surface area (Å²) in [6.07, 6.45) is 3.02. The number of hydrogen-bond acceptors (Lipinski definition) is 8. The second-order valence-corrected chi connectivity index (χ2v) is 6.34. The molecule has 1 aromatic rings. The maximum atomic E-state index is 12.7. The number of nitrogens with zero attached hydrogens (tertiary/aromatic N) is 1. The zero-order chi connectivity index (χ0) is 20.9. The fraction of sp³-hybridized carbons (Fsp3) is 0.474. The summed E-state index contributed by atoms with van der Waals surface area (Å²) in [6.45, 7) is 5.95. The fourth-order valence-electron chi connectivity index (χ4n) is 2.81. The van der Waals surface area contributed by atoms with Crippen molar-refractivity contribution in [3.63, 3.8) is 0 Å². The number of carbonyl (C=O) groups excluding carboxylic acids is 3. The Kier molecular flexibility index (Phi) is 6.61. The SMILES string of the molecule is CCOC(=O)C(C1=C([O-])OC(C)(C)OC1=O)C(C(=O)OCC)[n+]1ccccc1. The molecule has 9 nitrogen and oxygen atoms in total. The van der Waals surface area contributed by atoms with Gasteiger partial charge in [0.15, 0.2) is 24.1 Å². The summed E-state index contributed by atoms with van der Waals surface area (Å²) in [7, 11) is 0. The molecule has 2 atom stereocenters. The molecule has 9 heteroatoms. The van der Waals surface area contributed by atoms with E-state index >= 15 is 0 Å². The molecular formula is C19H23NO8. The van der Waals surface area contributed by atoms with E-state index in [1.54, 1.807) is 32.0 Å². The minimum atomic E-state index is -1.61. The van der Waals surface area contributed by atoms with Crippen molar-refractivity contribution in [3.8, 4) is 0 Å². The molecule has 0 saturated heterocycles. The van der Waals surface area contributed by atoms with E-state index in [9.17, 15) is 19.5 Å². The van der Waals surface area contributed by atoms with Crippen LogP contribution in [-0.2, 0) is 33.3 Å². The molecule has 2 heterocycles. The summed E-state index contributed by atoms with van der Waals surface area (Å²) in [5.41, 5.74) is -0.618. The van der Waals surface area contributed by atoms with Crippen LogP contribution in [0.1, 0.15) is 33.7 Å². The van der Waals surface area contributed by atoms with Gasteiger partial charge in [-0.2, -0.15) is 4.57 Å². The first-order valence-corrected chi connectivity index (χ1v) is 8.84. The van der Waals surface area contributed by atoms with Crippen molar-refractivity contribution in [3.05, 3.63) is 42.1 Å². The molecule has 1 aromatic heterocycles. The highest BCUT2D eigenvalue weighted by Gasteiger charge is 2.50. The van der Waals surface area contributed by atoms with E-state index in [1.807, 2.05) is 0 Å². The Bertz CT molecular complexity index is 771. The summed E-state index contributed by atoms with van der Waals surface area (Å²) in [6, 6.07) is 3.59. The van der Waals surface area contributed by atoms with E-state index < -0.39 is 47.2 Å². The van der Waals surface area contributed by atoms with Crippen LogP contribution in [0.2, 0.25) is 0 Å². The van der Waals surface area contributed by atoms with Crippen LogP contribution in [0.4, 0.5) is 0 Å². The molecule has 2 rings (SSSR count). The Labute approximate surface area is 162 Å². The van der Waals surface area contributed by atoms with Crippen LogP contribution in [0.5, 0.6) is 0 Å². The molecule has 28 heavy (non-hydrogen) atoms. The van der Waals surface area contributed by atoms with Crippen LogP contribution in [0.15, 0.2) is 42.1 Å². The summed E-state index contributed by atoms with van der Waals surface area (Å²) in [5.74, 6) is -6.95. The number of pyridine rings is 1. The standard InChI is InChI=1S/C19H23NO8/c1-5-25-15(21)12(13-16(22)27-19(3,4)28-17(13)23)14(18(24)26-6-2)20-10-8-7-9-11-20/h7-12,14H,5-6H2,1-4H3. The summed E-state index contributed by atoms with van der Waals surface area (Å²) >= 11 is 0. The van der Waals surface area contributed by atoms with E-state index in [0.717, 1.165) is 0 Å². The highest BCUT2D eigenvalue weighted by atomic mass is 16.8. The first kappa shape index (κ1) is 21.2. The third-order valence-electron chi connectivity index (χ3n) is 3.87. The highest BCUT2D eigenvalue weighted by molar-refractivity contribution is 5.98. The van der Waals surface area contributed by atoms with Crippen molar-refractivity contribution in [1.82, 2.24) is 0 Å². The number of cyclic esters (lactones) is 1. The van der Waals surface area contributed by atoms with E-state index in [-0.39, 0.29) is 13.2 Å². The number of aromatic nitrogens is 1. The molecule has 0 saturated carbocycles. The zero-order valence-electron chi connectivity index (χ0n) is 16.2. The molecule has 0 aliphatic carbocycles. The van der Waals surface area contributed by atoms with Gasteiger partial charge in [-0.05, 0) is 27.7 Å². The zero-order valence-corrected chi connectivity index (χ0v) is 16.2. The molecule has 152 valence electrons. The molecule has 0 amide bonds. The maximum absolute atomic E-state index is 12.7. The monoisotopic (exact) mass is 393 g/mol. The van der Waals surface area contributed by atoms with Crippen LogP contribution in [0.3, 0.4) is 0 Å². The topological polar surface area (TPSA) is 115 Å². The smallest absolute Gasteiger partial charge is 0.377 e. The number of esters is 3. The molecule has 0 radical (unpaired) electrons. The first-order valence-electron chi connectivity index (χ1n) is 8.84. The van der Waals surface area contributed by atoms with Gasteiger partial charge in [0, 0.05) is 12.1 Å². The Hall–Kier alpha value is -3.10. The van der Waals surface area contributed by atoms with Crippen molar-refractivity contribution >= 4 is 17.9 Å². The van der Waals surface area contributed by atoms with Crippen molar-refractivity contribution < 1.29 is 43.0 Å². The number of carbonyl (C=O) groups is 3. The lowest BCUT2D eigenvalue weighted by Gasteiger charge is -2.40. The molecule has 0 aromatic carbocycles. The normalized spacial score (nSPS) is 17.8. The predicted molar refractivity (Wildman–Crippen MR) is 90.7 cm³/mol. The van der Waals surface area contributed by atoms with Gasteiger partial charge in [0.1, 0.15) is 0 Å². The second kappa shape index (κ2) is 8.73. The lowest BCUT2D eigenvalue weighted by molar-refractivity contribution is -0.714.